The smallest absolute Gasteiger partial charge is 0.253 e. The number of nitrogens with zero attached hydrogens (tertiary/aromatic N) is 4. The molecule has 0 saturated heterocycles. The summed E-state index contributed by atoms with van der Waals surface area (Å²) in [6, 6.07) is 5.58. The molecule has 1 aromatic carbocycles. The van der Waals surface area contributed by atoms with E-state index in [1.54, 1.807) is 37.8 Å². The molecule has 0 aliphatic carbocycles. The van der Waals surface area contributed by atoms with Crippen LogP contribution in [0.4, 0.5) is 0 Å². The fourth-order valence-electron chi connectivity index (χ4n) is 2.03. The minimum absolute atomic E-state index is 0.0515. The average Bonchev–Trinajstić information content (AvgIpc) is 2.98. The third-order valence-electron chi connectivity index (χ3n) is 3.08. The zero-order valence-electron chi connectivity index (χ0n) is 13.2. The van der Waals surface area contributed by atoms with Gasteiger partial charge in [-0.25, -0.2) is 18.1 Å². The largest absolute Gasteiger partial charge is 0.345 e. The van der Waals surface area contributed by atoms with Gasteiger partial charge in [0.1, 0.15) is 12.7 Å². The molecule has 124 valence electrons. The SMILES string of the molecule is CC(Cn1cncn1)NS(=O)(=O)c1cccc(C(=O)N(C)C)c1. The van der Waals surface area contributed by atoms with Crippen LogP contribution in [-0.4, -0.2) is 54.1 Å². The molecule has 1 N–H and O–H groups in total. The number of hydrogen-bond donors (Lipinski definition) is 1. The average molecular weight is 337 g/mol. The number of hydrogen-bond acceptors (Lipinski definition) is 5. The standard InChI is InChI=1S/C14H19N5O3S/c1-11(8-19-10-15-9-16-19)17-23(21,22)13-6-4-5-12(7-13)14(20)18(2)3/h4-7,9-11,17H,8H2,1-3H3. The van der Waals surface area contributed by atoms with E-state index >= 15 is 0 Å². The summed E-state index contributed by atoms with van der Waals surface area (Å²) in [7, 11) is -0.501. The van der Waals surface area contributed by atoms with E-state index in [-0.39, 0.29) is 16.8 Å². The minimum Gasteiger partial charge on any atom is -0.345 e. The third-order valence-corrected chi connectivity index (χ3v) is 4.67. The molecule has 1 amide bonds. The quantitative estimate of drug-likeness (QED) is 0.820. The van der Waals surface area contributed by atoms with Gasteiger partial charge in [0.25, 0.3) is 5.91 Å². The highest BCUT2D eigenvalue weighted by molar-refractivity contribution is 7.89. The topological polar surface area (TPSA) is 97.2 Å². The van der Waals surface area contributed by atoms with Gasteiger partial charge in [0.15, 0.2) is 0 Å². The van der Waals surface area contributed by atoms with Gasteiger partial charge in [-0.2, -0.15) is 5.10 Å². The number of carbonyl (C=O) groups excluding carboxylic acids is 1. The van der Waals surface area contributed by atoms with Crippen LogP contribution in [0, 0.1) is 0 Å². The van der Waals surface area contributed by atoms with Crippen molar-refractivity contribution in [3.63, 3.8) is 0 Å². The number of aromatic nitrogens is 3. The number of sulfonamides is 1. The number of carbonyl (C=O) groups is 1. The molecule has 8 nitrogen and oxygen atoms in total. The second kappa shape index (κ2) is 6.88. The summed E-state index contributed by atoms with van der Waals surface area (Å²) >= 11 is 0. The lowest BCUT2D eigenvalue weighted by molar-refractivity contribution is 0.0827. The van der Waals surface area contributed by atoms with Gasteiger partial charge in [-0.15, -0.1) is 0 Å². The first kappa shape index (κ1) is 17.1. The molecule has 1 unspecified atom stereocenters. The highest BCUT2D eigenvalue weighted by atomic mass is 32.2. The van der Waals surface area contributed by atoms with E-state index in [4.69, 9.17) is 0 Å². The van der Waals surface area contributed by atoms with Crippen LogP contribution in [0.1, 0.15) is 17.3 Å². The Morgan fingerprint density at radius 1 is 1.39 bits per heavy atom. The van der Waals surface area contributed by atoms with E-state index in [0.29, 0.717) is 12.1 Å². The lowest BCUT2D eigenvalue weighted by Gasteiger charge is -2.15. The predicted octanol–water partition coefficient (Wildman–Crippen LogP) is 0.347. The summed E-state index contributed by atoms with van der Waals surface area (Å²) in [5.41, 5.74) is 0.321. The second-order valence-corrected chi connectivity index (χ2v) is 7.08. The molecular formula is C14H19N5O3S. The Morgan fingerprint density at radius 2 is 2.13 bits per heavy atom. The highest BCUT2D eigenvalue weighted by Crippen LogP contribution is 2.13. The van der Waals surface area contributed by atoms with Gasteiger partial charge in [-0.1, -0.05) is 6.07 Å². The molecule has 1 heterocycles. The summed E-state index contributed by atoms with van der Waals surface area (Å²) in [5, 5.41) is 3.94. The van der Waals surface area contributed by atoms with Crippen molar-refractivity contribution in [1.29, 1.82) is 0 Å². The molecule has 2 rings (SSSR count). The van der Waals surface area contributed by atoms with Crippen molar-refractivity contribution in [3.8, 4) is 0 Å². The lowest BCUT2D eigenvalue weighted by atomic mass is 10.2. The van der Waals surface area contributed by atoms with Gasteiger partial charge < -0.3 is 4.90 Å². The molecule has 0 radical (unpaired) electrons. The van der Waals surface area contributed by atoms with Crippen molar-refractivity contribution >= 4 is 15.9 Å². The van der Waals surface area contributed by atoms with Crippen molar-refractivity contribution in [1.82, 2.24) is 24.4 Å². The van der Waals surface area contributed by atoms with Crippen molar-refractivity contribution < 1.29 is 13.2 Å². The van der Waals surface area contributed by atoms with Crippen molar-refractivity contribution in [2.45, 2.75) is 24.4 Å². The summed E-state index contributed by atoms with van der Waals surface area (Å²) in [4.78, 5) is 17.2. The number of amides is 1. The predicted molar refractivity (Wildman–Crippen MR) is 84.3 cm³/mol. The van der Waals surface area contributed by atoms with Crippen molar-refractivity contribution in [2.75, 3.05) is 14.1 Å². The van der Waals surface area contributed by atoms with E-state index in [1.165, 1.54) is 29.7 Å². The Morgan fingerprint density at radius 3 is 2.74 bits per heavy atom. The van der Waals surface area contributed by atoms with Crippen LogP contribution in [0.15, 0.2) is 41.8 Å². The zero-order valence-corrected chi connectivity index (χ0v) is 14.0. The van der Waals surface area contributed by atoms with E-state index in [1.807, 2.05) is 0 Å². The molecule has 9 heteroatoms. The number of nitrogens with one attached hydrogen (secondary N) is 1. The molecule has 0 fully saturated rings. The summed E-state index contributed by atoms with van der Waals surface area (Å²) in [6.07, 6.45) is 2.90. The molecule has 23 heavy (non-hydrogen) atoms. The summed E-state index contributed by atoms with van der Waals surface area (Å²) in [5.74, 6) is -0.252. The van der Waals surface area contributed by atoms with Crippen LogP contribution < -0.4 is 4.72 Å². The highest BCUT2D eigenvalue weighted by Gasteiger charge is 2.19. The Hall–Kier alpha value is -2.26. The van der Waals surface area contributed by atoms with Crippen molar-refractivity contribution in [3.05, 3.63) is 42.5 Å². The van der Waals surface area contributed by atoms with Crippen LogP contribution in [0.2, 0.25) is 0 Å². The first-order valence-electron chi connectivity index (χ1n) is 6.96. The van der Waals surface area contributed by atoms with Crippen LogP contribution in [-0.2, 0) is 16.6 Å². The van der Waals surface area contributed by atoms with Crippen molar-refractivity contribution in [2.24, 2.45) is 0 Å². The van der Waals surface area contributed by atoms with Crippen LogP contribution in [0.3, 0.4) is 0 Å². The van der Waals surface area contributed by atoms with E-state index in [0.717, 1.165) is 0 Å². The maximum absolute atomic E-state index is 12.4. The molecule has 0 spiro atoms. The summed E-state index contributed by atoms with van der Waals surface area (Å²) in [6.45, 7) is 2.09. The zero-order chi connectivity index (χ0) is 17.0. The fraction of sp³-hybridized carbons (Fsp3) is 0.357. The Labute approximate surface area is 135 Å². The Kier molecular flexibility index (Phi) is 5.12. The van der Waals surface area contributed by atoms with Crippen LogP contribution >= 0.6 is 0 Å². The molecule has 0 aliphatic heterocycles. The third kappa shape index (κ3) is 4.36. The van der Waals surface area contributed by atoms with Gasteiger partial charge in [0.2, 0.25) is 10.0 Å². The molecule has 0 aliphatic rings. The van der Waals surface area contributed by atoms with E-state index in [9.17, 15) is 13.2 Å². The van der Waals surface area contributed by atoms with E-state index < -0.39 is 10.0 Å². The monoisotopic (exact) mass is 337 g/mol. The number of benzene rings is 1. The van der Waals surface area contributed by atoms with Crippen LogP contribution in [0.5, 0.6) is 0 Å². The minimum atomic E-state index is -3.73. The molecule has 1 aromatic heterocycles. The maximum atomic E-state index is 12.4. The number of rotatable bonds is 6. The first-order chi connectivity index (χ1) is 10.8. The molecule has 0 bridgehead atoms. The van der Waals surface area contributed by atoms with Gasteiger partial charge >= 0.3 is 0 Å². The molecule has 0 saturated carbocycles. The fourth-order valence-corrected chi connectivity index (χ4v) is 3.31. The molecule has 1 atom stereocenters. The first-order valence-corrected chi connectivity index (χ1v) is 8.44. The van der Waals surface area contributed by atoms with Crippen LogP contribution in [0.25, 0.3) is 0 Å². The molecule has 2 aromatic rings. The van der Waals surface area contributed by atoms with Gasteiger partial charge in [-0.3, -0.25) is 9.48 Å². The maximum Gasteiger partial charge on any atom is 0.253 e. The van der Waals surface area contributed by atoms with Gasteiger partial charge in [0.05, 0.1) is 11.4 Å². The van der Waals surface area contributed by atoms with E-state index in [2.05, 4.69) is 14.8 Å². The van der Waals surface area contributed by atoms with Gasteiger partial charge in [0, 0.05) is 25.7 Å². The lowest BCUT2D eigenvalue weighted by Crippen LogP contribution is -2.36. The Bertz CT molecular complexity index is 771. The molecular weight excluding hydrogens is 318 g/mol. The normalized spacial score (nSPS) is 12.8. The summed E-state index contributed by atoms with van der Waals surface area (Å²) < 4.78 is 29.0. The second-order valence-electron chi connectivity index (χ2n) is 5.37. The van der Waals surface area contributed by atoms with Gasteiger partial charge in [-0.05, 0) is 25.1 Å². The Balaban J connectivity index is 2.16.